The number of aryl methyl sites for hydroxylation is 1. The van der Waals surface area contributed by atoms with E-state index in [9.17, 15) is 62.4 Å². The minimum atomic E-state index is -3.78. The van der Waals surface area contributed by atoms with Crippen LogP contribution in [0.5, 0.6) is 0 Å². The second-order valence-electron chi connectivity index (χ2n) is 27.3. The van der Waals surface area contributed by atoms with Crippen molar-refractivity contribution in [2.45, 2.75) is 106 Å². The van der Waals surface area contributed by atoms with Crippen molar-refractivity contribution in [3.63, 3.8) is 0 Å². The van der Waals surface area contributed by atoms with E-state index in [0.717, 1.165) is 27.8 Å². The molecule has 0 saturated carbocycles. The molecule has 5 fully saturated rings. The van der Waals surface area contributed by atoms with Gasteiger partial charge in [0.25, 0.3) is 36.0 Å². The number of carbonyl (C=O) groups is 5. The van der Waals surface area contributed by atoms with Crippen LogP contribution < -0.4 is 33.8 Å². The van der Waals surface area contributed by atoms with E-state index < -0.39 is 53.4 Å². The highest BCUT2D eigenvalue weighted by atomic mass is 35.5. The summed E-state index contributed by atoms with van der Waals surface area (Å²) in [6.45, 7) is 16.5. The number of Topliss-reactive ketones (excluding diaryl/α,β-unsaturated/α-hetero) is 1. The summed E-state index contributed by atoms with van der Waals surface area (Å²) < 4.78 is 124. The number of carbonyl (C=O) groups excluding carboxylic acids is 5. The van der Waals surface area contributed by atoms with Crippen LogP contribution in [0.25, 0.3) is 0 Å². The number of rotatable bonds is 19. The summed E-state index contributed by atoms with van der Waals surface area (Å²) in [4.78, 5) is 92.6. The Morgan fingerprint density at radius 2 is 1.01 bits per heavy atom. The third-order valence-electron chi connectivity index (χ3n) is 19.3. The topological polar surface area (TPSA) is 288 Å². The maximum Gasteiger partial charge on any atom is 0.290 e. The fraction of sp³-hybridized carbons (Fsp3) is 0.380. The Kier molecular flexibility index (Phi) is 23.4. The number of sulfonamides is 3. The molecule has 5 aromatic carbocycles. The molecule has 3 aromatic heterocycles. The zero-order valence-electron chi connectivity index (χ0n) is 58.4. The first-order valence-electron chi connectivity index (χ1n) is 34.2. The highest BCUT2D eigenvalue weighted by Crippen LogP contribution is 2.40. The highest BCUT2D eigenvalue weighted by Gasteiger charge is 2.43. The van der Waals surface area contributed by atoms with Gasteiger partial charge in [0.05, 0.1) is 31.8 Å². The second-order valence-corrected chi connectivity index (χ2v) is 35.8. The molecule has 0 bridgehead atoms. The van der Waals surface area contributed by atoms with E-state index >= 15 is 0 Å². The number of amides is 4. The Morgan fingerprint density at radius 3 is 1.44 bits per heavy atom. The maximum absolute atomic E-state index is 13.8. The first-order chi connectivity index (χ1) is 50.4. The fourth-order valence-electron chi connectivity index (χ4n) is 13.8. The summed E-state index contributed by atoms with van der Waals surface area (Å²) in [6, 6.07) is 24.8. The summed E-state index contributed by atoms with van der Waals surface area (Å²) in [5.74, 6) is -3.08. The average molecular weight is 1610 g/mol. The standard InChI is InChI=1S/C25H27F2N5O3S2.C24H31N5O5S2.C22H20ClFN4O3S2.9H2/c1-17(18-2-7-21(26)22(27)16-18)30-11-13-31(14-12-30)23-8-10-32(24(23)33)19-3-5-20(6-4-19)37(34,35)29-25-28-9-15-36-25;1-24(2,3)16-20(30)22(32)28-13-11-27(12-14-28)19-8-10-29(21(19)31)17-4-6-18(7-5-17)36(33,34)26-23-25-9-15-35-23;1-13-12-25-22(32-13)26-33(30,31)15-4-2-14(3-5-15)27-11-9-19(21(27)29)28-10-8-16-18(28)7-6-17(24)20(16)23;;;;;;;;;/h2-7,9,15-17,23H,8,10-14H2,1H3,(H,28,29);4-7,9,15,19H,8,10-14,16H2,1-3H3,(H,25,26);2-7,12,19H,8-11H2,1H3,(H,25,26);9*1H/t17-,23-;2*19-;;;;;;;;;/m000........./s1. The van der Waals surface area contributed by atoms with Crippen LogP contribution in [-0.2, 0) is 60.5 Å². The molecule has 4 amide bonds. The second kappa shape index (κ2) is 32.2. The molecule has 35 heteroatoms. The molecule has 580 valence electrons. The number of hydrogen-bond acceptors (Lipinski definition) is 21. The van der Waals surface area contributed by atoms with Gasteiger partial charge in [-0.3, -0.25) is 52.8 Å². The van der Waals surface area contributed by atoms with Crippen LogP contribution in [0.4, 0.5) is 51.3 Å². The SMILES string of the molecule is CC(C)(C)CC(=O)C(=O)N1CCN([C@H]2CCN(c3ccc(S(=O)(=O)Nc4nccs4)cc3)C2=O)CC1.C[C@@H](c1ccc(F)c(F)c1)N1CCN([C@H]2CCN(c3ccc(S(=O)(=O)Nc4nccs4)cc3)C2=O)CC1.Cc1cnc(NS(=O)(=O)c2ccc(N3CC[C@H](N4CCc5c4ccc(F)c5Cl)C3=O)cc2)s1.[HH].[HH].[HH].[HH].[HH].[HH].[HH].[HH].[HH]. The predicted molar refractivity (Wildman–Crippen MR) is 422 cm³/mol. The lowest BCUT2D eigenvalue weighted by Gasteiger charge is -2.40. The predicted octanol–water partition coefficient (Wildman–Crippen LogP) is 12.3. The number of nitrogens with zero attached hydrogens (tertiary/aromatic N) is 11. The molecule has 106 heavy (non-hydrogen) atoms. The number of benzene rings is 5. The Labute approximate surface area is 643 Å². The number of piperazine rings is 2. The number of halogens is 4. The third-order valence-corrected chi connectivity index (χ3v) is 26.3. The molecule has 5 saturated heterocycles. The van der Waals surface area contributed by atoms with Gasteiger partial charge in [0, 0.05) is 161 Å². The Bertz CT molecular complexity index is 4940. The van der Waals surface area contributed by atoms with Gasteiger partial charge in [0.1, 0.15) is 11.9 Å². The lowest BCUT2D eigenvalue weighted by Crippen LogP contribution is -2.55. The van der Waals surface area contributed by atoms with Crippen LogP contribution in [0.2, 0.25) is 5.02 Å². The summed E-state index contributed by atoms with van der Waals surface area (Å²) in [7, 11) is -11.3. The molecule has 6 aliphatic heterocycles. The number of hydrogen-bond donors (Lipinski definition) is 3. The van der Waals surface area contributed by atoms with Crippen LogP contribution in [0.1, 0.15) is 88.3 Å². The van der Waals surface area contributed by atoms with Crippen molar-refractivity contribution in [2.75, 3.05) is 112 Å². The number of anilines is 7. The third kappa shape index (κ3) is 17.6. The van der Waals surface area contributed by atoms with Crippen molar-refractivity contribution in [3.8, 4) is 0 Å². The molecule has 4 atom stereocenters. The summed E-state index contributed by atoms with van der Waals surface area (Å²) in [5.41, 5.74) is 3.94. The van der Waals surface area contributed by atoms with Gasteiger partial charge in [-0.25, -0.2) is 53.4 Å². The van der Waals surface area contributed by atoms with Gasteiger partial charge < -0.3 is 24.5 Å². The van der Waals surface area contributed by atoms with Crippen LogP contribution in [0, 0.1) is 29.8 Å². The van der Waals surface area contributed by atoms with Gasteiger partial charge in [-0.2, -0.15) is 0 Å². The van der Waals surface area contributed by atoms with E-state index in [4.69, 9.17) is 11.6 Å². The monoisotopic (exact) mass is 1600 g/mol. The van der Waals surface area contributed by atoms with Crippen molar-refractivity contribution in [1.29, 1.82) is 0 Å². The number of fused-ring (bicyclic) bond motifs is 1. The van der Waals surface area contributed by atoms with Gasteiger partial charge in [0.2, 0.25) is 23.5 Å². The molecule has 0 radical (unpaired) electrons. The van der Waals surface area contributed by atoms with E-state index in [2.05, 4.69) is 43.8 Å². The van der Waals surface area contributed by atoms with Crippen LogP contribution >= 0.6 is 45.6 Å². The van der Waals surface area contributed by atoms with Crippen molar-refractivity contribution in [3.05, 3.63) is 171 Å². The minimum absolute atomic E-state index is 0. The molecule has 0 aliphatic carbocycles. The Morgan fingerprint density at radius 1 is 0.566 bits per heavy atom. The highest BCUT2D eigenvalue weighted by molar-refractivity contribution is 7.93. The Balaban J connectivity index is 0.000000430. The van der Waals surface area contributed by atoms with Gasteiger partial charge in [-0.15, -0.1) is 34.0 Å². The van der Waals surface area contributed by atoms with E-state index in [-0.39, 0.29) is 97.2 Å². The lowest BCUT2D eigenvalue weighted by molar-refractivity contribution is -0.147. The quantitative estimate of drug-likeness (QED) is 0.0634. The van der Waals surface area contributed by atoms with Crippen LogP contribution in [0.3, 0.4) is 0 Å². The number of aromatic nitrogens is 3. The van der Waals surface area contributed by atoms with E-state index in [0.29, 0.717) is 132 Å². The molecular formula is C71H96ClF3N14O11S6. The Hall–Kier alpha value is -8.45. The molecule has 3 N–H and O–H groups in total. The molecular weight excluding hydrogens is 1510 g/mol. The molecule has 25 nitrogen and oxygen atoms in total. The van der Waals surface area contributed by atoms with Crippen LogP contribution in [-0.4, -0.2) is 186 Å². The van der Waals surface area contributed by atoms with Crippen molar-refractivity contribution >= 4 is 143 Å². The van der Waals surface area contributed by atoms with E-state index in [1.54, 1.807) is 85.1 Å². The fourth-order valence-corrected chi connectivity index (χ4v) is 19.5. The molecule has 14 rings (SSSR count). The number of ketones is 1. The number of nitrogens with one attached hydrogen (secondary N) is 3. The van der Waals surface area contributed by atoms with Crippen molar-refractivity contribution in [1.82, 2.24) is 34.6 Å². The lowest BCUT2D eigenvalue weighted by atomic mass is 9.89. The summed E-state index contributed by atoms with van der Waals surface area (Å²) in [6.07, 6.45) is 7.38. The molecule has 0 unspecified atom stereocenters. The summed E-state index contributed by atoms with van der Waals surface area (Å²) >= 11 is 9.76. The zero-order chi connectivity index (χ0) is 75.6. The van der Waals surface area contributed by atoms with E-state index in [1.807, 2.05) is 39.5 Å². The van der Waals surface area contributed by atoms with Crippen molar-refractivity contribution < 1.29 is 75.2 Å². The van der Waals surface area contributed by atoms with Gasteiger partial charge in [0.15, 0.2) is 27.0 Å². The summed E-state index contributed by atoms with van der Waals surface area (Å²) in [5, 5.41) is 4.37. The van der Waals surface area contributed by atoms with Gasteiger partial charge in [-0.1, -0.05) is 38.4 Å². The molecule has 6 aliphatic rings. The molecule has 8 aromatic rings. The first kappa shape index (κ1) is 77.2. The number of thiazole rings is 3. The van der Waals surface area contributed by atoms with Crippen LogP contribution in [0.15, 0.2) is 147 Å². The van der Waals surface area contributed by atoms with E-state index in [1.165, 1.54) is 94.9 Å². The van der Waals surface area contributed by atoms with Gasteiger partial charge >= 0.3 is 0 Å². The average Bonchev–Trinajstić information content (AvgIpc) is 1.61. The zero-order valence-corrected chi connectivity index (χ0v) is 64.1. The minimum Gasteiger partial charge on any atom is -0.359 e. The largest absolute Gasteiger partial charge is 0.359 e. The van der Waals surface area contributed by atoms with Gasteiger partial charge in [-0.05, 0) is 153 Å². The molecule has 9 heterocycles. The van der Waals surface area contributed by atoms with Crippen molar-refractivity contribution in [2.24, 2.45) is 5.41 Å². The first-order valence-corrected chi connectivity index (χ1v) is 41.6. The smallest absolute Gasteiger partial charge is 0.290 e. The normalized spacial score (nSPS) is 19.4. The maximum atomic E-state index is 13.8. The molecule has 0 spiro atoms.